The molecule has 2 unspecified atom stereocenters. The molecule has 19 heavy (non-hydrogen) atoms. The third kappa shape index (κ3) is 5.78. The van der Waals surface area contributed by atoms with E-state index >= 15 is 0 Å². The van der Waals surface area contributed by atoms with E-state index in [4.69, 9.17) is 23.2 Å². The third-order valence-corrected chi connectivity index (χ3v) is 6.30. The summed E-state index contributed by atoms with van der Waals surface area (Å²) in [4.78, 5) is 19.3. The van der Waals surface area contributed by atoms with E-state index < -0.39 is 8.38 Å². The molecule has 0 heterocycles. The van der Waals surface area contributed by atoms with Gasteiger partial charge in [0.15, 0.2) is 8.38 Å². The van der Waals surface area contributed by atoms with E-state index in [1.807, 2.05) is 12.1 Å². The lowest BCUT2D eigenvalue weighted by molar-refractivity contribution is 0.496. The van der Waals surface area contributed by atoms with Crippen molar-refractivity contribution in [1.29, 1.82) is 0 Å². The van der Waals surface area contributed by atoms with Gasteiger partial charge in [0.2, 0.25) is 0 Å². The molecule has 0 fully saturated rings. The highest BCUT2D eigenvalue weighted by Gasteiger charge is 2.18. The lowest BCUT2D eigenvalue weighted by atomic mass is 9.99. The molecule has 2 atom stereocenters. The second-order valence-electron chi connectivity index (χ2n) is 4.12. The van der Waals surface area contributed by atoms with Crippen molar-refractivity contribution in [3.63, 3.8) is 0 Å². The molecular formula is C12H15Br2Cl2O2P. The van der Waals surface area contributed by atoms with Gasteiger partial charge in [0.1, 0.15) is 0 Å². The number of halogens is 4. The highest BCUT2D eigenvalue weighted by atomic mass is 79.9. The van der Waals surface area contributed by atoms with Crippen molar-refractivity contribution < 1.29 is 9.79 Å². The maximum absolute atomic E-state index is 9.54. The molecule has 0 aromatic heterocycles. The molecule has 2 nitrogen and oxygen atoms in total. The average molecular weight is 453 g/mol. The Labute approximate surface area is 141 Å². The molecule has 2 N–H and O–H groups in total. The minimum absolute atomic E-state index is 0.105. The van der Waals surface area contributed by atoms with E-state index in [1.54, 1.807) is 6.07 Å². The summed E-state index contributed by atoms with van der Waals surface area (Å²) in [5.74, 6) is 0.972. The van der Waals surface area contributed by atoms with Gasteiger partial charge in [-0.1, -0.05) is 44.0 Å². The number of rotatable bonds is 7. The first-order chi connectivity index (χ1) is 8.99. The highest BCUT2D eigenvalue weighted by molar-refractivity contribution is 9.09. The van der Waals surface area contributed by atoms with Crippen molar-refractivity contribution in [3.05, 3.63) is 29.3 Å². The fraction of sp³-hybridized carbons (Fsp3) is 0.500. The molecular weight excluding hydrogens is 438 g/mol. The van der Waals surface area contributed by atoms with Crippen LogP contribution < -0.4 is 5.30 Å². The number of hydrogen-bond acceptors (Lipinski definition) is 2. The predicted molar refractivity (Wildman–Crippen MR) is 91.7 cm³/mol. The van der Waals surface area contributed by atoms with E-state index in [2.05, 4.69) is 31.9 Å². The third-order valence-electron chi connectivity index (χ3n) is 2.67. The van der Waals surface area contributed by atoms with E-state index in [-0.39, 0.29) is 9.65 Å². The second kappa shape index (κ2) is 9.19. The van der Waals surface area contributed by atoms with E-state index in [9.17, 15) is 9.79 Å². The van der Waals surface area contributed by atoms with Gasteiger partial charge in [0.25, 0.3) is 0 Å². The van der Waals surface area contributed by atoms with Gasteiger partial charge in [-0.2, -0.15) is 0 Å². The summed E-state index contributed by atoms with van der Waals surface area (Å²) in [6, 6.07) is 5.59. The second-order valence-corrected chi connectivity index (χ2v) is 8.38. The van der Waals surface area contributed by atoms with E-state index in [0.717, 1.165) is 17.5 Å². The smallest absolute Gasteiger partial charge is 0.199 e. The largest absolute Gasteiger partial charge is 0.347 e. The lowest BCUT2D eigenvalue weighted by Crippen LogP contribution is -2.19. The predicted octanol–water partition coefficient (Wildman–Crippen LogP) is 3.70. The summed E-state index contributed by atoms with van der Waals surface area (Å²) in [5, 5.41) is 0.594. The zero-order valence-electron chi connectivity index (χ0n) is 10.1. The average Bonchev–Trinajstić information content (AvgIpc) is 2.39. The number of benzene rings is 1. The van der Waals surface area contributed by atoms with Crippen molar-refractivity contribution in [1.82, 2.24) is 0 Å². The molecule has 0 saturated heterocycles. The molecule has 0 aliphatic rings. The molecule has 7 heteroatoms. The van der Waals surface area contributed by atoms with Gasteiger partial charge in [-0.25, -0.2) is 0 Å². The molecule has 108 valence electrons. The van der Waals surface area contributed by atoms with Gasteiger partial charge >= 0.3 is 0 Å². The van der Waals surface area contributed by atoms with E-state index in [0.29, 0.717) is 23.5 Å². The van der Waals surface area contributed by atoms with Crippen molar-refractivity contribution in [2.75, 3.05) is 11.8 Å². The summed E-state index contributed by atoms with van der Waals surface area (Å²) in [6.07, 6.45) is 1.41. The Morgan fingerprint density at radius 3 is 2.16 bits per heavy atom. The van der Waals surface area contributed by atoms with Crippen LogP contribution >= 0.6 is 63.4 Å². The monoisotopic (exact) mass is 450 g/mol. The maximum atomic E-state index is 9.54. The molecule has 0 amide bonds. The quantitative estimate of drug-likeness (QED) is 0.489. The van der Waals surface area contributed by atoms with E-state index in [1.165, 1.54) is 0 Å². The molecule has 1 aromatic carbocycles. The SMILES string of the molecule is OP(O)c1cccc(CC(Br)CCl)c1CC(Br)CCl. The molecule has 0 aliphatic heterocycles. The molecule has 0 spiro atoms. The molecule has 0 aliphatic carbocycles. The first-order valence-corrected chi connectivity index (χ1v) is 9.83. The van der Waals surface area contributed by atoms with Crippen LogP contribution in [0.2, 0.25) is 0 Å². The Kier molecular flexibility index (Phi) is 8.79. The minimum atomic E-state index is -2.11. The van der Waals surface area contributed by atoms with Crippen LogP contribution in [0.25, 0.3) is 0 Å². The van der Waals surface area contributed by atoms with Gasteiger partial charge in [-0.3, -0.25) is 0 Å². The minimum Gasteiger partial charge on any atom is -0.347 e. The van der Waals surface area contributed by atoms with Gasteiger partial charge < -0.3 is 9.79 Å². The first-order valence-electron chi connectivity index (χ1n) is 5.68. The Balaban J connectivity index is 3.10. The van der Waals surface area contributed by atoms with Crippen LogP contribution in [0, 0.1) is 0 Å². The van der Waals surface area contributed by atoms with Crippen LogP contribution in [0.4, 0.5) is 0 Å². The van der Waals surface area contributed by atoms with Crippen molar-refractivity contribution in [3.8, 4) is 0 Å². The topological polar surface area (TPSA) is 40.5 Å². The van der Waals surface area contributed by atoms with Crippen LogP contribution in [-0.4, -0.2) is 31.2 Å². The standard InChI is InChI=1S/C12H15Br2Cl2O2P/c13-9(6-15)4-8-2-1-3-12(19(17)18)11(8)5-10(14)7-16/h1-3,9-10,17-18H,4-7H2. The van der Waals surface area contributed by atoms with Crippen molar-refractivity contribution in [2.24, 2.45) is 0 Å². The summed E-state index contributed by atoms with van der Waals surface area (Å²) in [7, 11) is -2.11. The van der Waals surface area contributed by atoms with Crippen LogP contribution in [-0.2, 0) is 12.8 Å². The van der Waals surface area contributed by atoms with Gasteiger partial charge in [-0.05, 0) is 30.0 Å². The molecule has 1 aromatic rings. The Hall–Kier alpha value is 1.11. The summed E-state index contributed by atoms with van der Waals surface area (Å²) in [5.41, 5.74) is 2.03. The Morgan fingerprint density at radius 1 is 1.05 bits per heavy atom. The van der Waals surface area contributed by atoms with Gasteiger partial charge in [0, 0.05) is 26.7 Å². The first kappa shape index (κ1) is 18.2. The Morgan fingerprint density at radius 2 is 1.63 bits per heavy atom. The van der Waals surface area contributed by atoms with Crippen LogP contribution in [0.3, 0.4) is 0 Å². The number of alkyl halides is 4. The van der Waals surface area contributed by atoms with Gasteiger partial charge in [-0.15, -0.1) is 23.2 Å². The molecule has 0 bridgehead atoms. The van der Waals surface area contributed by atoms with Gasteiger partial charge in [0.05, 0.1) is 0 Å². The van der Waals surface area contributed by atoms with Crippen molar-refractivity contribution >= 4 is 68.7 Å². The van der Waals surface area contributed by atoms with Crippen LogP contribution in [0.5, 0.6) is 0 Å². The summed E-state index contributed by atoms with van der Waals surface area (Å²) in [6.45, 7) is 0. The lowest BCUT2D eigenvalue weighted by Gasteiger charge is -2.18. The highest BCUT2D eigenvalue weighted by Crippen LogP contribution is 2.29. The molecule has 0 saturated carbocycles. The zero-order chi connectivity index (χ0) is 14.4. The maximum Gasteiger partial charge on any atom is 0.199 e. The fourth-order valence-corrected chi connectivity index (χ4v) is 3.39. The van der Waals surface area contributed by atoms with Crippen molar-refractivity contribution in [2.45, 2.75) is 22.5 Å². The normalized spacial score (nSPS) is 14.7. The molecule has 0 radical (unpaired) electrons. The fourth-order valence-electron chi connectivity index (χ4n) is 1.80. The van der Waals surface area contributed by atoms with Crippen LogP contribution in [0.1, 0.15) is 11.1 Å². The summed E-state index contributed by atoms with van der Waals surface area (Å²) >= 11 is 18.6. The zero-order valence-corrected chi connectivity index (χ0v) is 15.6. The summed E-state index contributed by atoms with van der Waals surface area (Å²) < 4.78 is 0. The van der Waals surface area contributed by atoms with Crippen LogP contribution in [0.15, 0.2) is 18.2 Å². The number of hydrogen-bond donors (Lipinski definition) is 2. The molecule has 1 rings (SSSR count). The Bertz CT molecular complexity index is 407.